The van der Waals surface area contributed by atoms with Gasteiger partial charge in [-0.25, -0.2) is 0 Å². The maximum absolute atomic E-state index is 4.77. The average molecular weight is 133 g/mol. The van der Waals surface area contributed by atoms with E-state index >= 15 is 0 Å². The summed E-state index contributed by atoms with van der Waals surface area (Å²) in [5.74, 6) is 4.77. The third-order valence-corrected chi connectivity index (χ3v) is 1.17. The highest BCUT2D eigenvalue weighted by molar-refractivity contribution is 7.80. The lowest BCUT2D eigenvalue weighted by atomic mass is 10.3. The zero-order valence-corrected chi connectivity index (χ0v) is 5.83. The molecule has 0 saturated carbocycles. The summed E-state index contributed by atoms with van der Waals surface area (Å²) in [5.41, 5.74) is 0. The van der Waals surface area contributed by atoms with Gasteiger partial charge in [0, 0.05) is 6.42 Å². The van der Waals surface area contributed by atoms with Crippen molar-refractivity contribution in [1.82, 2.24) is 0 Å². The van der Waals surface area contributed by atoms with E-state index < -0.39 is 0 Å². The highest BCUT2D eigenvalue weighted by atomic mass is 32.1. The molecule has 0 spiro atoms. The molecule has 0 heterocycles. The fourth-order valence-corrected chi connectivity index (χ4v) is 0.524. The molecule has 0 rings (SSSR count). The van der Waals surface area contributed by atoms with Crippen molar-refractivity contribution in [1.29, 1.82) is 0 Å². The molecule has 0 amide bonds. The fraction of sp³-hybridized carbons (Fsp3) is 0.800. The molecule has 0 radical (unpaired) electrons. The smallest absolute Gasteiger partial charge is 0.186 e. The van der Waals surface area contributed by atoms with Gasteiger partial charge >= 0.3 is 0 Å². The molecule has 0 aromatic rings. The van der Waals surface area contributed by atoms with Gasteiger partial charge in [0.2, 0.25) is 0 Å². The molecule has 2 N–H and O–H groups in total. The lowest BCUT2D eigenvalue weighted by Crippen LogP contribution is -2.06. The number of unbranched alkanes of at least 4 members (excludes halogenated alkanes) is 1. The first-order chi connectivity index (χ1) is 3.81. The van der Waals surface area contributed by atoms with Gasteiger partial charge in [0.25, 0.3) is 0 Å². The number of hydrogen-bond acceptors (Lipinski definition) is 3. The lowest BCUT2D eigenvalue weighted by Gasteiger charge is -1.96. The van der Waals surface area contributed by atoms with E-state index in [1.165, 1.54) is 0 Å². The number of hydrogen-bond donors (Lipinski definition) is 1. The molecule has 0 unspecified atom stereocenters. The third kappa shape index (κ3) is 4.02. The Hall–Kier alpha value is -0.150. The summed E-state index contributed by atoms with van der Waals surface area (Å²) in [6, 6.07) is 0. The highest BCUT2D eigenvalue weighted by Gasteiger charge is 1.91. The summed E-state index contributed by atoms with van der Waals surface area (Å²) >= 11 is 4.67. The summed E-state index contributed by atoms with van der Waals surface area (Å²) < 4.78 is 0. The Morgan fingerprint density at radius 3 is 2.75 bits per heavy atom. The Kier molecular flexibility index (Phi) is 4.90. The van der Waals surface area contributed by atoms with Gasteiger partial charge in [-0.1, -0.05) is 13.3 Å². The first-order valence-corrected chi connectivity index (χ1v) is 3.11. The average Bonchev–Trinajstić information content (AvgIpc) is 1.83. The first kappa shape index (κ1) is 7.85. The van der Waals surface area contributed by atoms with Gasteiger partial charge in [-0.15, -0.1) is 0 Å². The predicted molar refractivity (Wildman–Crippen MR) is 37.4 cm³/mol. The molecule has 0 fully saturated rings. The maximum atomic E-state index is 4.77. The van der Waals surface area contributed by atoms with Crippen molar-refractivity contribution in [2.24, 2.45) is 5.90 Å². The number of rotatable bonds is 3. The van der Waals surface area contributed by atoms with Crippen molar-refractivity contribution in [3.63, 3.8) is 0 Å². The highest BCUT2D eigenvalue weighted by Crippen LogP contribution is 1.95. The molecule has 48 valence electrons. The minimum Gasteiger partial charge on any atom is -0.404 e. The van der Waals surface area contributed by atoms with E-state index in [9.17, 15) is 0 Å². The van der Waals surface area contributed by atoms with Crippen LogP contribution in [-0.2, 0) is 4.84 Å². The zero-order valence-electron chi connectivity index (χ0n) is 5.02. The van der Waals surface area contributed by atoms with Crippen LogP contribution in [0.3, 0.4) is 0 Å². The number of nitrogens with two attached hydrogens (primary N) is 1. The molecule has 0 atom stereocenters. The van der Waals surface area contributed by atoms with Gasteiger partial charge < -0.3 is 4.84 Å². The molecule has 2 nitrogen and oxygen atoms in total. The standard InChI is InChI=1S/C5H11NOS/c1-2-3-4-5(8)7-6/h2-4,6H2,1H3. The van der Waals surface area contributed by atoms with Crippen LogP contribution in [0.15, 0.2) is 0 Å². The Morgan fingerprint density at radius 1 is 1.75 bits per heavy atom. The van der Waals surface area contributed by atoms with Crippen molar-refractivity contribution in [3.8, 4) is 0 Å². The molecule has 0 bridgehead atoms. The molecule has 0 aliphatic rings. The van der Waals surface area contributed by atoms with Crippen molar-refractivity contribution < 1.29 is 4.84 Å². The van der Waals surface area contributed by atoms with Crippen LogP contribution in [-0.4, -0.2) is 5.05 Å². The number of thiocarbonyl (C=S) groups is 1. The molecule has 3 heteroatoms. The second-order valence-electron chi connectivity index (χ2n) is 1.59. The summed E-state index contributed by atoms with van der Waals surface area (Å²) in [5, 5.41) is 0.506. The van der Waals surface area contributed by atoms with E-state index in [1.807, 2.05) is 0 Å². The van der Waals surface area contributed by atoms with E-state index in [1.54, 1.807) is 0 Å². The molecule has 0 aliphatic heterocycles. The Labute approximate surface area is 55.0 Å². The molecule has 8 heavy (non-hydrogen) atoms. The topological polar surface area (TPSA) is 35.2 Å². The van der Waals surface area contributed by atoms with Crippen molar-refractivity contribution in [2.75, 3.05) is 0 Å². The van der Waals surface area contributed by atoms with E-state index in [2.05, 4.69) is 24.0 Å². The SMILES string of the molecule is CCCCC(=S)ON. The van der Waals surface area contributed by atoms with Crippen molar-refractivity contribution >= 4 is 17.3 Å². The van der Waals surface area contributed by atoms with Gasteiger partial charge in [-0.2, -0.15) is 5.90 Å². The van der Waals surface area contributed by atoms with Crippen LogP contribution < -0.4 is 5.90 Å². The summed E-state index contributed by atoms with van der Waals surface area (Å²) in [4.78, 5) is 4.28. The monoisotopic (exact) mass is 133 g/mol. The van der Waals surface area contributed by atoms with E-state index in [-0.39, 0.29) is 0 Å². The van der Waals surface area contributed by atoms with Gasteiger partial charge in [0.1, 0.15) is 0 Å². The predicted octanol–water partition coefficient (Wildman–Crippen LogP) is 1.39. The van der Waals surface area contributed by atoms with Crippen LogP contribution in [0.5, 0.6) is 0 Å². The molecule has 0 saturated heterocycles. The van der Waals surface area contributed by atoms with E-state index in [0.717, 1.165) is 19.3 Å². The second-order valence-corrected chi connectivity index (χ2v) is 2.05. The lowest BCUT2D eigenvalue weighted by molar-refractivity contribution is 0.319. The Balaban J connectivity index is 2.99. The Morgan fingerprint density at radius 2 is 2.38 bits per heavy atom. The van der Waals surface area contributed by atoms with Crippen LogP contribution in [0, 0.1) is 0 Å². The van der Waals surface area contributed by atoms with E-state index in [4.69, 9.17) is 5.90 Å². The van der Waals surface area contributed by atoms with Crippen LogP contribution in [0.1, 0.15) is 26.2 Å². The summed E-state index contributed by atoms with van der Waals surface area (Å²) in [7, 11) is 0. The first-order valence-electron chi connectivity index (χ1n) is 2.70. The Bertz CT molecular complexity index is 74.8. The van der Waals surface area contributed by atoms with Gasteiger partial charge in [-0.3, -0.25) is 0 Å². The summed E-state index contributed by atoms with van der Waals surface area (Å²) in [6.07, 6.45) is 3.00. The maximum Gasteiger partial charge on any atom is 0.186 e. The molecule has 0 aromatic carbocycles. The normalized spacial score (nSPS) is 8.75. The quantitative estimate of drug-likeness (QED) is 0.467. The van der Waals surface area contributed by atoms with Gasteiger partial charge in [-0.05, 0) is 18.6 Å². The van der Waals surface area contributed by atoms with Crippen LogP contribution in [0.4, 0.5) is 0 Å². The van der Waals surface area contributed by atoms with Gasteiger partial charge in [0.15, 0.2) is 5.05 Å². The van der Waals surface area contributed by atoms with Crippen LogP contribution in [0.2, 0.25) is 0 Å². The minimum absolute atomic E-state index is 0.506. The molecular weight excluding hydrogens is 122 g/mol. The molecule has 0 aliphatic carbocycles. The second kappa shape index (κ2) is 5.00. The fourth-order valence-electron chi connectivity index (χ4n) is 0.380. The van der Waals surface area contributed by atoms with Crippen LogP contribution >= 0.6 is 12.2 Å². The third-order valence-electron chi connectivity index (χ3n) is 0.866. The van der Waals surface area contributed by atoms with Crippen molar-refractivity contribution in [3.05, 3.63) is 0 Å². The van der Waals surface area contributed by atoms with Crippen molar-refractivity contribution in [2.45, 2.75) is 26.2 Å². The van der Waals surface area contributed by atoms with E-state index in [0.29, 0.717) is 5.05 Å². The minimum atomic E-state index is 0.506. The zero-order chi connectivity index (χ0) is 6.41. The van der Waals surface area contributed by atoms with Gasteiger partial charge in [0.05, 0.1) is 0 Å². The molecule has 0 aromatic heterocycles. The van der Waals surface area contributed by atoms with Crippen LogP contribution in [0.25, 0.3) is 0 Å². The summed E-state index contributed by atoms with van der Waals surface area (Å²) in [6.45, 7) is 2.10. The largest absolute Gasteiger partial charge is 0.404 e. The molecular formula is C5H11NOS.